The topological polar surface area (TPSA) is 64.4 Å². The van der Waals surface area contributed by atoms with Crippen LogP contribution in [-0.2, 0) is 9.53 Å². The van der Waals surface area contributed by atoms with Gasteiger partial charge in [-0.3, -0.25) is 4.79 Å². The van der Waals surface area contributed by atoms with Crippen molar-refractivity contribution in [3.63, 3.8) is 0 Å². The summed E-state index contributed by atoms with van der Waals surface area (Å²) in [6.07, 6.45) is 7.16. The molecule has 1 saturated carbocycles. The Morgan fingerprint density at radius 3 is 3.20 bits per heavy atom. The van der Waals surface area contributed by atoms with E-state index in [-0.39, 0.29) is 5.97 Å². The second-order valence-corrected chi connectivity index (χ2v) is 6.01. The number of hydrogen-bond donors (Lipinski definition) is 1. The molecule has 0 aliphatic heterocycles. The lowest BCUT2D eigenvalue weighted by Gasteiger charge is -2.32. The Balaban J connectivity index is 1.92. The molecule has 0 radical (unpaired) electrons. The van der Waals surface area contributed by atoms with E-state index >= 15 is 0 Å². The molecule has 0 amide bonds. The summed E-state index contributed by atoms with van der Waals surface area (Å²) >= 11 is 1.59. The summed E-state index contributed by atoms with van der Waals surface area (Å²) in [7, 11) is 1.86. The summed E-state index contributed by atoms with van der Waals surface area (Å²) in [5.74, 6) is 1.11. The lowest BCUT2D eigenvalue weighted by atomic mass is 9.85. The Hall–Kier alpha value is -1.01. The van der Waals surface area contributed by atoms with Crippen LogP contribution < -0.4 is 5.32 Å². The summed E-state index contributed by atoms with van der Waals surface area (Å²) in [6.45, 7) is 2.28. The first-order valence-corrected chi connectivity index (χ1v) is 8.10. The normalized spacial score (nSPS) is 25.8. The van der Waals surface area contributed by atoms with Crippen LogP contribution >= 0.6 is 11.8 Å². The fraction of sp³-hybridized carbons (Fsp3) is 0.714. The highest BCUT2D eigenvalue weighted by atomic mass is 32.2. The molecule has 1 aliphatic carbocycles. The van der Waals surface area contributed by atoms with Crippen molar-refractivity contribution in [2.24, 2.45) is 5.92 Å². The van der Waals surface area contributed by atoms with Crippen molar-refractivity contribution in [3.8, 4) is 0 Å². The standard InChI is InChI=1S/C14H22N2O3S/c1-3-18-12(17)14(15-2)7-4-5-11(14)6-10-20-13-16-8-9-19-13/h8-9,11,15H,3-7,10H2,1-2H3. The van der Waals surface area contributed by atoms with Gasteiger partial charge in [-0.05, 0) is 39.2 Å². The predicted molar refractivity (Wildman–Crippen MR) is 77.6 cm³/mol. The van der Waals surface area contributed by atoms with E-state index < -0.39 is 5.54 Å². The van der Waals surface area contributed by atoms with Gasteiger partial charge in [-0.25, -0.2) is 4.98 Å². The number of nitrogens with zero attached hydrogens (tertiary/aromatic N) is 1. The van der Waals surface area contributed by atoms with Gasteiger partial charge in [0.2, 0.25) is 0 Å². The molecule has 2 unspecified atom stereocenters. The number of hydrogen-bond acceptors (Lipinski definition) is 6. The van der Waals surface area contributed by atoms with Crippen molar-refractivity contribution in [2.45, 2.75) is 43.4 Å². The summed E-state index contributed by atoms with van der Waals surface area (Å²) in [4.78, 5) is 16.4. The molecule has 5 nitrogen and oxygen atoms in total. The van der Waals surface area contributed by atoms with E-state index in [4.69, 9.17) is 9.15 Å². The third-order valence-corrected chi connectivity index (χ3v) is 4.90. The van der Waals surface area contributed by atoms with Crippen LogP contribution in [0.1, 0.15) is 32.6 Å². The Morgan fingerprint density at radius 1 is 1.70 bits per heavy atom. The summed E-state index contributed by atoms with van der Waals surface area (Å²) in [5, 5.41) is 3.92. The van der Waals surface area contributed by atoms with Crippen LogP contribution in [0.5, 0.6) is 0 Å². The molecule has 1 heterocycles. The van der Waals surface area contributed by atoms with Gasteiger partial charge in [0.05, 0.1) is 12.8 Å². The first-order valence-electron chi connectivity index (χ1n) is 7.11. The molecule has 1 N–H and O–H groups in total. The van der Waals surface area contributed by atoms with E-state index in [1.807, 2.05) is 14.0 Å². The minimum atomic E-state index is -0.507. The second-order valence-electron chi connectivity index (χ2n) is 4.97. The van der Waals surface area contributed by atoms with Crippen LogP contribution in [0.15, 0.2) is 22.1 Å². The highest BCUT2D eigenvalue weighted by Gasteiger charge is 2.48. The summed E-state index contributed by atoms with van der Waals surface area (Å²) in [6, 6.07) is 0. The number of aromatic nitrogens is 1. The maximum Gasteiger partial charge on any atom is 0.326 e. The number of carbonyl (C=O) groups is 1. The Bertz CT molecular complexity index is 424. The fourth-order valence-electron chi connectivity index (χ4n) is 3.00. The van der Waals surface area contributed by atoms with Gasteiger partial charge in [0.15, 0.2) is 0 Å². The van der Waals surface area contributed by atoms with Gasteiger partial charge in [0.25, 0.3) is 5.22 Å². The molecule has 112 valence electrons. The van der Waals surface area contributed by atoms with E-state index in [9.17, 15) is 4.79 Å². The molecule has 20 heavy (non-hydrogen) atoms. The van der Waals surface area contributed by atoms with E-state index in [0.29, 0.717) is 17.7 Å². The number of ether oxygens (including phenoxy) is 1. The molecule has 1 aliphatic rings. The minimum Gasteiger partial charge on any atom is -0.465 e. The Kier molecular flexibility index (Phi) is 5.48. The Morgan fingerprint density at radius 2 is 2.55 bits per heavy atom. The summed E-state index contributed by atoms with van der Waals surface area (Å²) < 4.78 is 10.5. The molecule has 2 atom stereocenters. The van der Waals surface area contributed by atoms with Gasteiger partial charge in [-0.2, -0.15) is 0 Å². The summed E-state index contributed by atoms with van der Waals surface area (Å²) in [5.41, 5.74) is -0.507. The van der Waals surface area contributed by atoms with Crippen LogP contribution in [-0.4, -0.2) is 35.9 Å². The molecule has 0 bridgehead atoms. The number of nitrogens with one attached hydrogen (secondary N) is 1. The van der Waals surface area contributed by atoms with Gasteiger partial charge in [0.1, 0.15) is 11.8 Å². The van der Waals surface area contributed by atoms with Crippen molar-refractivity contribution < 1.29 is 13.9 Å². The number of likely N-dealkylation sites (N-methyl/N-ethyl adjacent to an activating group) is 1. The maximum atomic E-state index is 12.3. The molecular weight excluding hydrogens is 276 g/mol. The molecule has 0 saturated heterocycles. The fourth-order valence-corrected chi connectivity index (χ4v) is 3.83. The van der Waals surface area contributed by atoms with Crippen molar-refractivity contribution in [1.29, 1.82) is 0 Å². The first-order chi connectivity index (χ1) is 9.73. The largest absolute Gasteiger partial charge is 0.465 e. The van der Waals surface area contributed by atoms with Crippen LogP contribution in [0.2, 0.25) is 0 Å². The predicted octanol–water partition coefficient (Wildman–Crippen LogP) is 2.48. The molecule has 0 spiro atoms. The third-order valence-electron chi connectivity index (χ3n) is 4.01. The number of rotatable bonds is 7. The van der Waals surface area contributed by atoms with Crippen LogP contribution in [0, 0.1) is 5.92 Å². The van der Waals surface area contributed by atoms with Gasteiger partial charge in [0, 0.05) is 5.75 Å². The number of carbonyl (C=O) groups excluding carboxylic acids is 1. The van der Waals surface area contributed by atoms with Gasteiger partial charge >= 0.3 is 5.97 Å². The van der Waals surface area contributed by atoms with Crippen LogP contribution in [0.3, 0.4) is 0 Å². The third kappa shape index (κ3) is 3.17. The first kappa shape index (κ1) is 15.4. The lowest BCUT2D eigenvalue weighted by Crippen LogP contribution is -2.54. The average molecular weight is 298 g/mol. The van der Waals surface area contributed by atoms with Gasteiger partial charge in [-0.15, -0.1) is 0 Å². The van der Waals surface area contributed by atoms with E-state index in [2.05, 4.69) is 10.3 Å². The zero-order chi connectivity index (χ0) is 14.4. The zero-order valence-corrected chi connectivity index (χ0v) is 12.9. The number of esters is 1. The highest BCUT2D eigenvalue weighted by Crippen LogP contribution is 2.39. The molecule has 1 aromatic heterocycles. The molecule has 2 rings (SSSR count). The smallest absolute Gasteiger partial charge is 0.326 e. The number of thioether (sulfide) groups is 1. The highest BCUT2D eigenvalue weighted by molar-refractivity contribution is 7.99. The van der Waals surface area contributed by atoms with Crippen molar-refractivity contribution in [2.75, 3.05) is 19.4 Å². The zero-order valence-electron chi connectivity index (χ0n) is 12.1. The van der Waals surface area contributed by atoms with Crippen molar-refractivity contribution >= 4 is 17.7 Å². The monoisotopic (exact) mass is 298 g/mol. The molecule has 0 aromatic carbocycles. The SMILES string of the molecule is CCOC(=O)C1(NC)CCCC1CCSc1ncco1. The van der Waals surface area contributed by atoms with E-state index in [0.717, 1.165) is 31.4 Å². The molecule has 1 aromatic rings. The Labute approximate surface area is 123 Å². The van der Waals surface area contributed by atoms with Crippen molar-refractivity contribution in [1.82, 2.24) is 10.3 Å². The lowest BCUT2D eigenvalue weighted by molar-refractivity contribution is -0.152. The molecule has 6 heteroatoms. The van der Waals surface area contributed by atoms with Gasteiger partial charge < -0.3 is 14.5 Å². The number of oxazole rings is 1. The second kappa shape index (κ2) is 7.13. The van der Waals surface area contributed by atoms with Crippen LogP contribution in [0.25, 0.3) is 0 Å². The van der Waals surface area contributed by atoms with Crippen LogP contribution in [0.4, 0.5) is 0 Å². The quantitative estimate of drug-likeness (QED) is 0.616. The minimum absolute atomic E-state index is 0.105. The average Bonchev–Trinajstić information content (AvgIpc) is 3.09. The van der Waals surface area contributed by atoms with Crippen molar-refractivity contribution in [3.05, 3.63) is 12.5 Å². The van der Waals surface area contributed by atoms with E-state index in [1.165, 1.54) is 0 Å². The van der Waals surface area contributed by atoms with Gasteiger partial charge in [-0.1, -0.05) is 18.2 Å². The molecule has 1 fully saturated rings. The maximum absolute atomic E-state index is 12.3. The van der Waals surface area contributed by atoms with E-state index in [1.54, 1.807) is 24.2 Å². The molecular formula is C14H22N2O3S.